The summed E-state index contributed by atoms with van der Waals surface area (Å²) in [5.74, 6) is -0.356. The topological polar surface area (TPSA) is 58.2 Å². The van der Waals surface area contributed by atoms with Gasteiger partial charge >= 0.3 is 0 Å². The van der Waals surface area contributed by atoms with Crippen LogP contribution in [0.3, 0.4) is 0 Å². The van der Waals surface area contributed by atoms with Crippen LogP contribution in [0.2, 0.25) is 0 Å². The van der Waals surface area contributed by atoms with E-state index in [1.165, 1.54) is 0 Å². The number of amides is 2. The molecule has 0 atom stereocenters. The van der Waals surface area contributed by atoms with Gasteiger partial charge in [0.05, 0.1) is 0 Å². The molecule has 0 radical (unpaired) electrons. The first-order valence-corrected chi connectivity index (χ1v) is 8.94. The Morgan fingerprint density at radius 2 is 1.41 bits per heavy atom. The first kappa shape index (κ1) is 18.4. The van der Waals surface area contributed by atoms with Crippen molar-refractivity contribution in [2.75, 3.05) is 11.9 Å². The Labute approximate surface area is 159 Å². The van der Waals surface area contributed by atoms with Crippen LogP contribution in [0.15, 0.2) is 72.8 Å². The lowest BCUT2D eigenvalue weighted by atomic mass is 10.0. The Morgan fingerprint density at radius 1 is 0.778 bits per heavy atom. The lowest BCUT2D eigenvalue weighted by Gasteiger charge is -2.11. The van der Waals surface area contributed by atoms with Crippen molar-refractivity contribution in [3.8, 4) is 11.1 Å². The van der Waals surface area contributed by atoms with Crippen molar-refractivity contribution in [3.05, 3.63) is 89.5 Å². The molecular formula is C23H22N2O2. The highest BCUT2D eigenvalue weighted by Gasteiger charge is 2.11. The van der Waals surface area contributed by atoms with Crippen LogP contribution in [-0.4, -0.2) is 18.4 Å². The molecular weight excluding hydrogens is 336 g/mol. The highest BCUT2D eigenvalue weighted by molar-refractivity contribution is 6.05. The van der Waals surface area contributed by atoms with E-state index in [4.69, 9.17) is 0 Å². The second-order valence-corrected chi connectivity index (χ2v) is 6.29. The molecule has 3 aromatic rings. The van der Waals surface area contributed by atoms with Gasteiger partial charge in [0.25, 0.3) is 11.8 Å². The first-order valence-electron chi connectivity index (χ1n) is 8.94. The lowest BCUT2D eigenvalue weighted by Crippen LogP contribution is -2.23. The Morgan fingerprint density at radius 3 is 2.07 bits per heavy atom. The second-order valence-electron chi connectivity index (χ2n) is 6.29. The van der Waals surface area contributed by atoms with Crippen LogP contribution < -0.4 is 10.6 Å². The average molecular weight is 358 g/mol. The van der Waals surface area contributed by atoms with Gasteiger partial charge in [-0.25, -0.2) is 0 Å². The molecule has 136 valence electrons. The smallest absolute Gasteiger partial charge is 0.255 e. The van der Waals surface area contributed by atoms with Crippen LogP contribution in [-0.2, 0) is 0 Å². The third kappa shape index (κ3) is 4.42. The molecule has 4 nitrogen and oxygen atoms in total. The molecule has 27 heavy (non-hydrogen) atoms. The van der Waals surface area contributed by atoms with E-state index in [9.17, 15) is 9.59 Å². The molecule has 3 rings (SSSR count). The van der Waals surface area contributed by atoms with Gasteiger partial charge in [-0.15, -0.1) is 0 Å². The zero-order valence-corrected chi connectivity index (χ0v) is 15.5. The maximum Gasteiger partial charge on any atom is 0.255 e. The number of anilines is 1. The molecule has 0 fully saturated rings. The Balaban J connectivity index is 1.77. The Bertz CT molecular complexity index is 948. The molecule has 3 aromatic carbocycles. The molecule has 0 aromatic heterocycles. The predicted octanol–water partition coefficient (Wildman–Crippen LogP) is 4.66. The normalized spacial score (nSPS) is 10.3. The number of aryl methyl sites for hydroxylation is 1. The van der Waals surface area contributed by atoms with E-state index in [2.05, 4.69) is 10.6 Å². The minimum atomic E-state index is -0.203. The summed E-state index contributed by atoms with van der Waals surface area (Å²) in [6, 6.07) is 22.8. The van der Waals surface area contributed by atoms with Gasteiger partial charge in [0.2, 0.25) is 0 Å². The SMILES string of the molecule is CCNC(=O)c1ccc(C)c(NC(=O)c2ccc(-c3ccccc3)cc2)c1. The summed E-state index contributed by atoms with van der Waals surface area (Å²) in [5.41, 5.74) is 4.79. The molecule has 2 N–H and O–H groups in total. The van der Waals surface area contributed by atoms with E-state index in [0.717, 1.165) is 16.7 Å². The minimum Gasteiger partial charge on any atom is -0.352 e. The van der Waals surface area contributed by atoms with E-state index in [1.807, 2.05) is 62.4 Å². The average Bonchev–Trinajstić information content (AvgIpc) is 2.70. The van der Waals surface area contributed by atoms with Crippen molar-refractivity contribution < 1.29 is 9.59 Å². The van der Waals surface area contributed by atoms with Crippen LogP contribution in [0.1, 0.15) is 33.2 Å². The van der Waals surface area contributed by atoms with Gasteiger partial charge in [0.15, 0.2) is 0 Å². The molecule has 0 heterocycles. The van der Waals surface area contributed by atoms with Crippen molar-refractivity contribution in [1.29, 1.82) is 0 Å². The number of hydrogen-bond acceptors (Lipinski definition) is 2. The quantitative estimate of drug-likeness (QED) is 0.697. The van der Waals surface area contributed by atoms with Gasteiger partial charge in [-0.3, -0.25) is 9.59 Å². The van der Waals surface area contributed by atoms with Crippen molar-refractivity contribution in [1.82, 2.24) is 5.32 Å². The van der Waals surface area contributed by atoms with Gasteiger partial charge in [-0.2, -0.15) is 0 Å². The van der Waals surface area contributed by atoms with Crippen LogP contribution in [0, 0.1) is 6.92 Å². The summed E-state index contributed by atoms with van der Waals surface area (Å²) in [4.78, 5) is 24.6. The van der Waals surface area contributed by atoms with E-state index in [0.29, 0.717) is 23.4 Å². The van der Waals surface area contributed by atoms with Gasteiger partial charge in [0.1, 0.15) is 0 Å². The maximum absolute atomic E-state index is 12.6. The third-order valence-electron chi connectivity index (χ3n) is 4.34. The van der Waals surface area contributed by atoms with Gasteiger partial charge in [-0.05, 0) is 54.8 Å². The number of hydrogen-bond donors (Lipinski definition) is 2. The summed E-state index contributed by atoms with van der Waals surface area (Å²) >= 11 is 0. The monoisotopic (exact) mass is 358 g/mol. The maximum atomic E-state index is 12.6. The summed E-state index contributed by atoms with van der Waals surface area (Å²) in [6.45, 7) is 4.33. The van der Waals surface area contributed by atoms with Crippen molar-refractivity contribution in [2.45, 2.75) is 13.8 Å². The highest BCUT2D eigenvalue weighted by Crippen LogP contribution is 2.21. The molecule has 0 spiro atoms. The zero-order chi connectivity index (χ0) is 19.2. The molecule has 0 aliphatic rings. The molecule has 0 bridgehead atoms. The Hall–Kier alpha value is -3.40. The summed E-state index contributed by atoms with van der Waals surface area (Å²) in [5, 5.41) is 5.67. The van der Waals surface area contributed by atoms with E-state index >= 15 is 0 Å². The molecule has 2 amide bonds. The van der Waals surface area contributed by atoms with Crippen molar-refractivity contribution in [2.24, 2.45) is 0 Å². The molecule has 0 saturated heterocycles. The standard InChI is InChI=1S/C23H22N2O2/c1-3-24-22(26)20-10-9-16(2)21(15-20)25-23(27)19-13-11-18(12-14-19)17-7-5-4-6-8-17/h4-15H,3H2,1-2H3,(H,24,26)(H,25,27). The van der Waals surface area contributed by atoms with Crippen LogP contribution in [0.5, 0.6) is 0 Å². The number of nitrogens with one attached hydrogen (secondary N) is 2. The Kier molecular flexibility index (Phi) is 5.67. The minimum absolute atomic E-state index is 0.153. The second kappa shape index (κ2) is 8.32. The number of carbonyl (C=O) groups excluding carboxylic acids is 2. The van der Waals surface area contributed by atoms with Crippen LogP contribution in [0.4, 0.5) is 5.69 Å². The van der Waals surface area contributed by atoms with Crippen molar-refractivity contribution >= 4 is 17.5 Å². The third-order valence-corrected chi connectivity index (χ3v) is 4.34. The summed E-state index contributed by atoms with van der Waals surface area (Å²) in [7, 11) is 0. The summed E-state index contributed by atoms with van der Waals surface area (Å²) in [6.07, 6.45) is 0. The first-order chi connectivity index (χ1) is 13.1. The fourth-order valence-corrected chi connectivity index (χ4v) is 2.80. The molecule has 0 unspecified atom stereocenters. The fraction of sp³-hybridized carbons (Fsp3) is 0.130. The largest absolute Gasteiger partial charge is 0.352 e. The zero-order valence-electron chi connectivity index (χ0n) is 15.5. The van der Waals surface area contributed by atoms with E-state index < -0.39 is 0 Å². The predicted molar refractivity (Wildman–Crippen MR) is 109 cm³/mol. The van der Waals surface area contributed by atoms with Gasteiger partial charge in [0, 0.05) is 23.4 Å². The van der Waals surface area contributed by atoms with Gasteiger partial charge in [-0.1, -0.05) is 48.5 Å². The molecule has 0 saturated carbocycles. The number of rotatable bonds is 5. The van der Waals surface area contributed by atoms with Gasteiger partial charge < -0.3 is 10.6 Å². The highest BCUT2D eigenvalue weighted by atomic mass is 16.2. The lowest BCUT2D eigenvalue weighted by molar-refractivity contribution is 0.0954. The molecule has 0 aliphatic heterocycles. The number of benzene rings is 3. The molecule has 0 aliphatic carbocycles. The molecule has 4 heteroatoms. The number of carbonyl (C=O) groups is 2. The van der Waals surface area contributed by atoms with Crippen LogP contribution in [0.25, 0.3) is 11.1 Å². The fourth-order valence-electron chi connectivity index (χ4n) is 2.80. The summed E-state index contributed by atoms with van der Waals surface area (Å²) < 4.78 is 0. The van der Waals surface area contributed by atoms with Crippen LogP contribution >= 0.6 is 0 Å². The van der Waals surface area contributed by atoms with Crippen molar-refractivity contribution in [3.63, 3.8) is 0 Å². The van der Waals surface area contributed by atoms with E-state index in [1.54, 1.807) is 24.3 Å². The van der Waals surface area contributed by atoms with E-state index in [-0.39, 0.29) is 11.8 Å².